The Hall–Kier alpha value is -2.18. The van der Waals surface area contributed by atoms with E-state index >= 15 is 0 Å². The van der Waals surface area contributed by atoms with Crippen molar-refractivity contribution in [2.24, 2.45) is 0 Å². The van der Waals surface area contributed by atoms with Crippen molar-refractivity contribution in [3.63, 3.8) is 0 Å². The van der Waals surface area contributed by atoms with E-state index in [0.29, 0.717) is 20.9 Å². The normalized spacial score (nSPS) is 10.5. The van der Waals surface area contributed by atoms with Crippen molar-refractivity contribution in [1.29, 1.82) is 0 Å². The zero-order valence-electron chi connectivity index (χ0n) is 11.2. The average Bonchev–Trinajstić information content (AvgIpc) is 2.96. The molecule has 0 bridgehead atoms. The summed E-state index contributed by atoms with van der Waals surface area (Å²) >= 11 is 9.42. The molecule has 110 valence electrons. The number of para-hydroxylation sites is 1. The van der Waals surface area contributed by atoms with E-state index in [0.717, 1.165) is 5.69 Å². The third-order valence-electron chi connectivity index (χ3n) is 2.95. The predicted molar refractivity (Wildman–Crippen MR) is 88.5 cm³/mol. The number of nitrogens with zero attached hydrogens (tertiary/aromatic N) is 3. The van der Waals surface area contributed by atoms with Crippen molar-refractivity contribution in [3.05, 3.63) is 70.0 Å². The first-order valence-corrected chi connectivity index (χ1v) is 7.53. The highest BCUT2D eigenvalue weighted by molar-refractivity contribution is 9.10. The van der Waals surface area contributed by atoms with Crippen molar-refractivity contribution in [2.45, 2.75) is 0 Å². The molecule has 0 aliphatic heterocycles. The fraction of sp³-hybridized carbons (Fsp3) is 0. The van der Waals surface area contributed by atoms with Gasteiger partial charge in [0.05, 0.1) is 16.3 Å². The van der Waals surface area contributed by atoms with Crippen LogP contribution >= 0.6 is 27.5 Å². The van der Waals surface area contributed by atoms with Crippen molar-refractivity contribution in [1.82, 2.24) is 14.8 Å². The summed E-state index contributed by atoms with van der Waals surface area (Å²) in [6, 6.07) is 10.7. The zero-order valence-corrected chi connectivity index (χ0v) is 13.5. The molecule has 1 amide bonds. The average molecular weight is 378 g/mol. The first kappa shape index (κ1) is 14.7. The maximum absolute atomic E-state index is 12.2. The van der Waals surface area contributed by atoms with Crippen LogP contribution in [0.3, 0.4) is 0 Å². The second-order valence-corrected chi connectivity index (χ2v) is 5.67. The Balaban J connectivity index is 1.82. The first-order valence-electron chi connectivity index (χ1n) is 6.36. The number of benzene rings is 1. The summed E-state index contributed by atoms with van der Waals surface area (Å²) < 4.78 is 2.23. The van der Waals surface area contributed by atoms with Crippen molar-refractivity contribution < 1.29 is 4.79 Å². The number of anilines is 1. The van der Waals surface area contributed by atoms with E-state index in [4.69, 9.17) is 11.6 Å². The molecule has 0 saturated carbocycles. The minimum atomic E-state index is -0.265. The lowest BCUT2D eigenvalue weighted by Crippen LogP contribution is -2.13. The molecule has 7 heteroatoms. The Morgan fingerprint density at radius 2 is 2.05 bits per heavy atom. The molecule has 0 spiro atoms. The number of carbonyl (C=O) groups is 1. The van der Waals surface area contributed by atoms with Gasteiger partial charge < -0.3 is 5.32 Å². The molecule has 3 rings (SSSR count). The molecule has 0 radical (unpaired) electrons. The van der Waals surface area contributed by atoms with Crippen LogP contribution in [0.4, 0.5) is 5.82 Å². The van der Waals surface area contributed by atoms with Crippen LogP contribution in [0, 0.1) is 0 Å². The first-order chi connectivity index (χ1) is 10.6. The number of aromatic nitrogens is 3. The molecule has 22 heavy (non-hydrogen) atoms. The van der Waals surface area contributed by atoms with Gasteiger partial charge in [-0.2, -0.15) is 0 Å². The summed E-state index contributed by atoms with van der Waals surface area (Å²) in [4.78, 5) is 16.1. The molecule has 3 aromatic rings. The van der Waals surface area contributed by atoms with Crippen LogP contribution < -0.4 is 5.32 Å². The number of halogens is 2. The van der Waals surface area contributed by atoms with E-state index < -0.39 is 0 Å². The number of nitrogens with one attached hydrogen (secondary N) is 1. The smallest absolute Gasteiger partial charge is 0.258 e. The number of hydrogen-bond donors (Lipinski definition) is 1. The Morgan fingerprint density at radius 3 is 2.82 bits per heavy atom. The molecule has 0 saturated heterocycles. The van der Waals surface area contributed by atoms with Gasteiger partial charge in [0.1, 0.15) is 0 Å². The Labute approximate surface area is 140 Å². The molecule has 2 aromatic heterocycles. The minimum absolute atomic E-state index is 0.265. The van der Waals surface area contributed by atoms with E-state index in [2.05, 4.69) is 31.3 Å². The van der Waals surface area contributed by atoms with Crippen LogP contribution in [0.15, 0.2) is 59.5 Å². The van der Waals surface area contributed by atoms with Crippen LogP contribution in [0.25, 0.3) is 5.69 Å². The number of pyridine rings is 1. The van der Waals surface area contributed by atoms with Crippen molar-refractivity contribution >= 4 is 39.3 Å². The van der Waals surface area contributed by atoms with Gasteiger partial charge in [-0.25, -0.2) is 4.68 Å². The molecule has 0 fully saturated rings. The van der Waals surface area contributed by atoms with E-state index in [1.165, 1.54) is 0 Å². The maximum Gasteiger partial charge on any atom is 0.258 e. The molecule has 1 N–H and O–H groups in total. The van der Waals surface area contributed by atoms with Gasteiger partial charge in [-0.3, -0.25) is 9.78 Å². The van der Waals surface area contributed by atoms with Gasteiger partial charge in [-0.1, -0.05) is 23.7 Å². The third kappa shape index (κ3) is 3.03. The van der Waals surface area contributed by atoms with Gasteiger partial charge in [0.2, 0.25) is 0 Å². The summed E-state index contributed by atoms with van der Waals surface area (Å²) in [7, 11) is 0. The summed E-state index contributed by atoms with van der Waals surface area (Å²) in [5.74, 6) is 0.173. The lowest BCUT2D eigenvalue weighted by Gasteiger charge is -2.05. The number of rotatable bonds is 3. The fourth-order valence-corrected chi connectivity index (χ4v) is 2.56. The second-order valence-electron chi connectivity index (χ2n) is 4.41. The SMILES string of the molecule is O=C(Nc1ccn(-c2ccccc2Cl)n1)c1ccncc1Br. The second kappa shape index (κ2) is 6.29. The minimum Gasteiger partial charge on any atom is -0.305 e. The number of hydrogen-bond acceptors (Lipinski definition) is 3. The molecule has 1 aromatic carbocycles. The molecule has 2 heterocycles. The van der Waals surface area contributed by atoms with Gasteiger partial charge in [-0.15, -0.1) is 5.10 Å². The lowest BCUT2D eigenvalue weighted by molar-refractivity contribution is 0.102. The van der Waals surface area contributed by atoms with Crippen LogP contribution in [-0.4, -0.2) is 20.7 Å². The number of amides is 1. The van der Waals surface area contributed by atoms with Crippen LogP contribution in [-0.2, 0) is 0 Å². The van der Waals surface area contributed by atoms with Gasteiger partial charge in [-0.05, 0) is 34.1 Å². The van der Waals surface area contributed by atoms with Gasteiger partial charge in [0.25, 0.3) is 5.91 Å². The Morgan fingerprint density at radius 1 is 1.23 bits per heavy atom. The van der Waals surface area contributed by atoms with Gasteiger partial charge in [0, 0.05) is 29.1 Å². The van der Waals surface area contributed by atoms with Gasteiger partial charge in [0.15, 0.2) is 5.82 Å². The molecular formula is C15H10BrClN4O. The molecule has 0 aliphatic rings. The predicted octanol–water partition coefficient (Wildman–Crippen LogP) is 3.94. The Kier molecular flexibility index (Phi) is 4.22. The van der Waals surface area contributed by atoms with E-state index in [1.54, 1.807) is 41.5 Å². The summed E-state index contributed by atoms with van der Waals surface area (Å²) in [6.07, 6.45) is 4.86. The van der Waals surface area contributed by atoms with Gasteiger partial charge >= 0.3 is 0 Å². The van der Waals surface area contributed by atoms with Crippen LogP contribution in [0.2, 0.25) is 5.02 Å². The Bertz CT molecular complexity index is 834. The monoisotopic (exact) mass is 376 g/mol. The molecular weight excluding hydrogens is 368 g/mol. The van der Waals surface area contributed by atoms with Crippen molar-refractivity contribution in [3.8, 4) is 5.69 Å². The van der Waals surface area contributed by atoms with E-state index in [-0.39, 0.29) is 5.91 Å². The maximum atomic E-state index is 12.2. The highest BCUT2D eigenvalue weighted by Crippen LogP contribution is 2.21. The topological polar surface area (TPSA) is 59.8 Å². The fourth-order valence-electron chi connectivity index (χ4n) is 1.91. The third-order valence-corrected chi connectivity index (χ3v) is 3.90. The standard InChI is InChI=1S/C15H10BrClN4O/c16-11-9-18-7-5-10(11)15(22)19-14-6-8-21(20-14)13-4-2-1-3-12(13)17/h1-9H,(H,19,20,22). The van der Waals surface area contributed by atoms with Crippen molar-refractivity contribution in [2.75, 3.05) is 5.32 Å². The van der Waals surface area contributed by atoms with Crippen LogP contribution in [0.1, 0.15) is 10.4 Å². The van der Waals surface area contributed by atoms with E-state index in [1.807, 2.05) is 18.2 Å². The molecule has 0 atom stereocenters. The molecule has 5 nitrogen and oxygen atoms in total. The highest BCUT2D eigenvalue weighted by atomic mass is 79.9. The highest BCUT2D eigenvalue weighted by Gasteiger charge is 2.12. The lowest BCUT2D eigenvalue weighted by atomic mass is 10.2. The quantitative estimate of drug-likeness (QED) is 0.752. The zero-order chi connectivity index (χ0) is 15.5. The van der Waals surface area contributed by atoms with E-state index in [9.17, 15) is 4.79 Å². The molecule has 0 aliphatic carbocycles. The summed E-state index contributed by atoms with van der Waals surface area (Å²) in [5, 5.41) is 7.63. The largest absolute Gasteiger partial charge is 0.305 e. The number of carbonyl (C=O) groups excluding carboxylic acids is 1. The summed E-state index contributed by atoms with van der Waals surface area (Å²) in [5.41, 5.74) is 1.23. The molecule has 0 unspecified atom stereocenters. The van der Waals surface area contributed by atoms with Crippen LogP contribution in [0.5, 0.6) is 0 Å². The summed E-state index contributed by atoms with van der Waals surface area (Å²) in [6.45, 7) is 0.